The molecule has 0 fully saturated rings. The SMILES string of the molecule is CCC(C)C(C)OS(=O)(=O)c1ccc(C)cc1. The van der Waals surface area contributed by atoms with E-state index in [2.05, 4.69) is 0 Å². The van der Waals surface area contributed by atoms with Gasteiger partial charge < -0.3 is 0 Å². The predicted octanol–water partition coefficient (Wildman–Crippen LogP) is 3.13. The molecular formula is C13H20O3S. The van der Waals surface area contributed by atoms with Crippen LogP contribution in [0.1, 0.15) is 32.8 Å². The molecule has 2 atom stereocenters. The third kappa shape index (κ3) is 3.82. The van der Waals surface area contributed by atoms with Crippen LogP contribution in [0.25, 0.3) is 0 Å². The van der Waals surface area contributed by atoms with Crippen molar-refractivity contribution in [1.82, 2.24) is 0 Å². The van der Waals surface area contributed by atoms with Crippen molar-refractivity contribution in [1.29, 1.82) is 0 Å². The average Bonchev–Trinajstić information content (AvgIpc) is 2.27. The van der Waals surface area contributed by atoms with Gasteiger partial charge in [0, 0.05) is 0 Å². The summed E-state index contributed by atoms with van der Waals surface area (Å²) in [5.41, 5.74) is 1.03. The number of rotatable bonds is 5. The minimum absolute atomic E-state index is 0.218. The Morgan fingerprint density at radius 1 is 1.18 bits per heavy atom. The Morgan fingerprint density at radius 3 is 2.18 bits per heavy atom. The molecule has 0 N–H and O–H groups in total. The van der Waals surface area contributed by atoms with E-state index in [0.29, 0.717) is 0 Å². The molecule has 1 rings (SSSR count). The number of benzene rings is 1. The molecule has 0 amide bonds. The fourth-order valence-corrected chi connectivity index (χ4v) is 2.56. The molecule has 0 bridgehead atoms. The van der Waals surface area contributed by atoms with E-state index in [0.717, 1.165) is 12.0 Å². The number of hydrogen-bond acceptors (Lipinski definition) is 3. The Labute approximate surface area is 104 Å². The normalized spacial score (nSPS) is 15.5. The van der Waals surface area contributed by atoms with E-state index in [1.807, 2.05) is 20.8 Å². The predicted molar refractivity (Wildman–Crippen MR) is 68.4 cm³/mol. The second-order valence-electron chi connectivity index (χ2n) is 4.45. The van der Waals surface area contributed by atoms with Crippen LogP contribution in [0.4, 0.5) is 0 Å². The van der Waals surface area contributed by atoms with Gasteiger partial charge in [-0.05, 0) is 31.9 Å². The maximum absolute atomic E-state index is 12.0. The van der Waals surface area contributed by atoms with Crippen LogP contribution in [0, 0.1) is 12.8 Å². The fraction of sp³-hybridized carbons (Fsp3) is 0.538. The van der Waals surface area contributed by atoms with Crippen molar-refractivity contribution in [2.24, 2.45) is 5.92 Å². The van der Waals surface area contributed by atoms with Crippen molar-refractivity contribution in [2.45, 2.75) is 45.1 Å². The molecule has 0 radical (unpaired) electrons. The lowest BCUT2D eigenvalue weighted by molar-refractivity contribution is 0.165. The van der Waals surface area contributed by atoms with Gasteiger partial charge in [0.2, 0.25) is 0 Å². The van der Waals surface area contributed by atoms with E-state index in [1.165, 1.54) is 0 Å². The van der Waals surface area contributed by atoms with Crippen LogP contribution in [0.5, 0.6) is 0 Å². The molecule has 0 aliphatic carbocycles. The first-order chi connectivity index (χ1) is 7.86. The molecule has 0 aliphatic heterocycles. The van der Waals surface area contributed by atoms with Gasteiger partial charge in [-0.2, -0.15) is 8.42 Å². The van der Waals surface area contributed by atoms with E-state index in [4.69, 9.17) is 4.18 Å². The third-order valence-electron chi connectivity index (χ3n) is 3.03. The number of aryl methyl sites for hydroxylation is 1. The lowest BCUT2D eigenvalue weighted by Gasteiger charge is -2.18. The van der Waals surface area contributed by atoms with Gasteiger partial charge in [0.05, 0.1) is 11.0 Å². The van der Waals surface area contributed by atoms with Gasteiger partial charge in [-0.3, -0.25) is 4.18 Å². The summed E-state index contributed by atoms with van der Waals surface area (Å²) < 4.78 is 29.1. The van der Waals surface area contributed by atoms with E-state index in [-0.39, 0.29) is 16.9 Å². The van der Waals surface area contributed by atoms with Crippen LogP contribution in [0.2, 0.25) is 0 Å². The Bertz CT molecular complexity index is 448. The maximum atomic E-state index is 12.0. The molecule has 17 heavy (non-hydrogen) atoms. The zero-order valence-electron chi connectivity index (χ0n) is 10.8. The van der Waals surface area contributed by atoms with Crippen molar-refractivity contribution in [3.8, 4) is 0 Å². The Balaban J connectivity index is 2.85. The van der Waals surface area contributed by atoms with Gasteiger partial charge in [-0.25, -0.2) is 0 Å². The van der Waals surface area contributed by atoms with Gasteiger partial charge in [0.25, 0.3) is 10.1 Å². The van der Waals surface area contributed by atoms with Crippen LogP contribution in [0.15, 0.2) is 29.2 Å². The molecule has 2 unspecified atom stereocenters. The highest BCUT2D eigenvalue weighted by atomic mass is 32.2. The Kier molecular flexibility index (Phi) is 4.71. The Hall–Kier alpha value is -0.870. The van der Waals surface area contributed by atoms with E-state index < -0.39 is 10.1 Å². The van der Waals surface area contributed by atoms with Crippen LogP contribution < -0.4 is 0 Å². The molecule has 0 aromatic heterocycles. The zero-order chi connectivity index (χ0) is 13.1. The van der Waals surface area contributed by atoms with Gasteiger partial charge in [-0.1, -0.05) is 38.0 Å². The van der Waals surface area contributed by atoms with Gasteiger partial charge in [0.1, 0.15) is 0 Å². The molecule has 3 nitrogen and oxygen atoms in total. The fourth-order valence-electron chi connectivity index (χ4n) is 1.39. The molecule has 0 saturated carbocycles. The molecule has 96 valence electrons. The second-order valence-corrected chi connectivity index (χ2v) is 6.03. The van der Waals surface area contributed by atoms with Crippen molar-refractivity contribution < 1.29 is 12.6 Å². The van der Waals surface area contributed by atoms with Crippen molar-refractivity contribution >= 4 is 10.1 Å². The molecular weight excluding hydrogens is 236 g/mol. The first kappa shape index (κ1) is 14.2. The summed E-state index contributed by atoms with van der Waals surface area (Å²) in [6.07, 6.45) is 0.594. The first-order valence-electron chi connectivity index (χ1n) is 5.86. The molecule has 1 aromatic carbocycles. The lowest BCUT2D eigenvalue weighted by Crippen LogP contribution is -2.22. The third-order valence-corrected chi connectivity index (χ3v) is 4.44. The van der Waals surface area contributed by atoms with Crippen LogP contribution in [-0.2, 0) is 14.3 Å². The summed E-state index contributed by atoms with van der Waals surface area (Å²) in [6.45, 7) is 7.71. The smallest absolute Gasteiger partial charge is 0.263 e. The van der Waals surface area contributed by atoms with Crippen LogP contribution >= 0.6 is 0 Å². The summed E-state index contributed by atoms with van der Waals surface area (Å²) in [5.74, 6) is 0.218. The van der Waals surface area contributed by atoms with E-state index in [9.17, 15) is 8.42 Å². The van der Waals surface area contributed by atoms with Gasteiger partial charge in [0.15, 0.2) is 0 Å². The maximum Gasteiger partial charge on any atom is 0.297 e. The minimum Gasteiger partial charge on any atom is -0.263 e. The monoisotopic (exact) mass is 256 g/mol. The van der Waals surface area contributed by atoms with E-state index >= 15 is 0 Å². The largest absolute Gasteiger partial charge is 0.297 e. The van der Waals surface area contributed by atoms with E-state index in [1.54, 1.807) is 31.2 Å². The Morgan fingerprint density at radius 2 is 1.71 bits per heavy atom. The molecule has 0 heterocycles. The summed E-state index contributed by atoms with van der Waals surface area (Å²) in [6, 6.07) is 6.69. The highest BCUT2D eigenvalue weighted by Crippen LogP contribution is 2.19. The van der Waals surface area contributed by atoms with Crippen LogP contribution in [-0.4, -0.2) is 14.5 Å². The second kappa shape index (κ2) is 5.65. The van der Waals surface area contributed by atoms with Crippen molar-refractivity contribution in [2.75, 3.05) is 0 Å². The van der Waals surface area contributed by atoms with Crippen molar-refractivity contribution in [3.63, 3.8) is 0 Å². The standard InChI is InChI=1S/C13H20O3S/c1-5-11(3)12(4)16-17(14,15)13-8-6-10(2)7-9-13/h6-9,11-12H,5H2,1-4H3. The van der Waals surface area contributed by atoms with Crippen LogP contribution in [0.3, 0.4) is 0 Å². The highest BCUT2D eigenvalue weighted by molar-refractivity contribution is 7.86. The number of hydrogen-bond donors (Lipinski definition) is 0. The molecule has 4 heteroatoms. The first-order valence-corrected chi connectivity index (χ1v) is 7.27. The topological polar surface area (TPSA) is 43.4 Å². The molecule has 0 saturated heterocycles. The minimum atomic E-state index is -3.63. The summed E-state index contributed by atoms with van der Waals surface area (Å²) >= 11 is 0. The molecule has 0 aliphatic rings. The lowest BCUT2D eigenvalue weighted by atomic mass is 10.0. The summed E-state index contributed by atoms with van der Waals surface area (Å²) in [7, 11) is -3.63. The van der Waals surface area contributed by atoms with Crippen molar-refractivity contribution in [3.05, 3.63) is 29.8 Å². The summed E-state index contributed by atoms with van der Waals surface area (Å²) in [4.78, 5) is 0.221. The zero-order valence-corrected chi connectivity index (χ0v) is 11.6. The molecule has 0 spiro atoms. The summed E-state index contributed by atoms with van der Waals surface area (Å²) in [5, 5.41) is 0. The van der Waals surface area contributed by atoms with Gasteiger partial charge in [-0.15, -0.1) is 0 Å². The average molecular weight is 256 g/mol. The van der Waals surface area contributed by atoms with Gasteiger partial charge >= 0.3 is 0 Å². The molecule has 1 aromatic rings. The highest BCUT2D eigenvalue weighted by Gasteiger charge is 2.21. The quantitative estimate of drug-likeness (QED) is 0.760.